The van der Waals surface area contributed by atoms with Gasteiger partial charge in [-0.1, -0.05) is 0 Å². The smallest absolute Gasteiger partial charge is 0.328 e. The highest BCUT2D eigenvalue weighted by atomic mass is 16.5. The van der Waals surface area contributed by atoms with Crippen molar-refractivity contribution in [3.63, 3.8) is 0 Å². The number of rotatable bonds is 3. The molecule has 1 unspecified atom stereocenters. The van der Waals surface area contributed by atoms with Crippen molar-refractivity contribution < 1.29 is 9.53 Å². The summed E-state index contributed by atoms with van der Waals surface area (Å²) >= 11 is 0. The Labute approximate surface area is 82.5 Å². The molecule has 1 rings (SSSR count). The van der Waals surface area contributed by atoms with E-state index in [0.29, 0.717) is 11.6 Å². The Kier molecular flexibility index (Phi) is 3.39. The molecule has 0 fully saturated rings. The molecule has 1 heterocycles. The summed E-state index contributed by atoms with van der Waals surface area (Å²) in [6.45, 7) is 3.50. The molecule has 0 spiro atoms. The van der Waals surface area contributed by atoms with Crippen LogP contribution in [-0.2, 0) is 9.53 Å². The summed E-state index contributed by atoms with van der Waals surface area (Å²) < 4.78 is 4.57. The molecule has 5 heteroatoms. The van der Waals surface area contributed by atoms with Crippen LogP contribution in [0, 0.1) is 6.92 Å². The number of nitrogens with zero attached hydrogens (tertiary/aromatic N) is 2. The summed E-state index contributed by atoms with van der Waals surface area (Å²) in [7, 11) is 1.35. The summed E-state index contributed by atoms with van der Waals surface area (Å²) in [5, 5.41) is 2.91. The van der Waals surface area contributed by atoms with Gasteiger partial charge in [0.05, 0.1) is 7.11 Å². The molecule has 0 aliphatic rings. The van der Waals surface area contributed by atoms with Crippen LogP contribution in [0.5, 0.6) is 0 Å². The molecular formula is C9H13N3O2. The molecular weight excluding hydrogens is 182 g/mol. The van der Waals surface area contributed by atoms with Gasteiger partial charge in [0.15, 0.2) is 0 Å². The molecule has 1 aromatic rings. The Bertz CT molecular complexity index is 328. The average molecular weight is 195 g/mol. The fourth-order valence-corrected chi connectivity index (χ4v) is 0.994. The molecule has 76 valence electrons. The number of methoxy groups -OCH3 is 1. The molecule has 1 N–H and O–H groups in total. The van der Waals surface area contributed by atoms with Gasteiger partial charge in [0, 0.05) is 6.20 Å². The minimum absolute atomic E-state index is 0.318. The number of carbonyl (C=O) groups is 1. The lowest BCUT2D eigenvalue weighted by molar-refractivity contribution is -0.141. The third-order valence-electron chi connectivity index (χ3n) is 1.70. The number of aryl methyl sites for hydroxylation is 1. The van der Waals surface area contributed by atoms with Crippen molar-refractivity contribution >= 4 is 11.8 Å². The largest absolute Gasteiger partial charge is 0.467 e. The lowest BCUT2D eigenvalue weighted by Crippen LogP contribution is -2.27. The predicted octanol–water partition coefficient (Wildman–Crippen LogP) is 0.758. The van der Waals surface area contributed by atoms with Crippen LogP contribution in [0.3, 0.4) is 0 Å². The zero-order chi connectivity index (χ0) is 10.6. The van der Waals surface area contributed by atoms with Gasteiger partial charge in [0.1, 0.15) is 17.7 Å². The second-order valence-corrected chi connectivity index (χ2v) is 2.88. The molecule has 5 nitrogen and oxygen atoms in total. The van der Waals surface area contributed by atoms with Gasteiger partial charge in [0.2, 0.25) is 0 Å². The number of esters is 1. The third-order valence-corrected chi connectivity index (χ3v) is 1.70. The molecule has 0 amide bonds. The first-order chi connectivity index (χ1) is 6.63. The van der Waals surface area contributed by atoms with E-state index in [2.05, 4.69) is 20.0 Å². The van der Waals surface area contributed by atoms with Crippen LogP contribution in [-0.4, -0.2) is 29.1 Å². The van der Waals surface area contributed by atoms with E-state index in [-0.39, 0.29) is 5.97 Å². The average Bonchev–Trinajstić information content (AvgIpc) is 2.16. The van der Waals surface area contributed by atoms with Crippen molar-refractivity contribution in [3.8, 4) is 0 Å². The SMILES string of the molecule is COC(=O)C(C)Nc1ccnc(C)n1. The molecule has 14 heavy (non-hydrogen) atoms. The van der Waals surface area contributed by atoms with E-state index in [1.165, 1.54) is 7.11 Å². The number of hydrogen-bond acceptors (Lipinski definition) is 5. The number of ether oxygens (including phenoxy) is 1. The zero-order valence-electron chi connectivity index (χ0n) is 8.44. The first kappa shape index (κ1) is 10.4. The van der Waals surface area contributed by atoms with Crippen molar-refractivity contribution in [2.45, 2.75) is 19.9 Å². The zero-order valence-corrected chi connectivity index (χ0v) is 8.44. The van der Waals surface area contributed by atoms with Crippen molar-refractivity contribution in [2.24, 2.45) is 0 Å². The van der Waals surface area contributed by atoms with E-state index in [4.69, 9.17) is 0 Å². The van der Waals surface area contributed by atoms with E-state index < -0.39 is 6.04 Å². The summed E-state index contributed by atoms with van der Waals surface area (Å²) in [4.78, 5) is 19.1. The number of carbonyl (C=O) groups excluding carboxylic acids is 1. The molecule has 0 radical (unpaired) electrons. The van der Waals surface area contributed by atoms with Gasteiger partial charge >= 0.3 is 5.97 Å². The number of aromatic nitrogens is 2. The highest BCUT2D eigenvalue weighted by molar-refractivity contribution is 5.78. The van der Waals surface area contributed by atoms with E-state index in [1.807, 2.05) is 0 Å². The van der Waals surface area contributed by atoms with Gasteiger partial charge < -0.3 is 10.1 Å². The fraction of sp³-hybridized carbons (Fsp3) is 0.444. The monoisotopic (exact) mass is 195 g/mol. The molecule has 1 aromatic heterocycles. The minimum atomic E-state index is -0.408. The molecule has 0 saturated heterocycles. The van der Waals surface area contributed by atoms with E-state index >= 15 is 0 Å². The minimum Gasteiger partial charge on any atom is -0.467 e. The fourth-order valence-electron chi connectivity index (χ4n) is 0.994. The number of nitrogens with one attached hydrogen (secondary N) is 1. The van der Waals surface area contributed by atoms with Gasteiger partial charge in [-0.3, -0.25) is 0 Å². The van der Waals surface area contributed by atoms with E-state index in [1.54, 1.807) is 26.1 Å². The lowest BCUT2D eigenvalue weighted by Gasteiger charge is -2.11. The molecule has 0 saturated carbocycles. The van der Waals surface area contributed by atoms with Crippen molar-refractivity contribution in [3.05, 3.63) is 18.1 Å². The van der Waals surface area contributed by atoms with Crippen molar-refractivity contribution in [2.75, 3.05) is 12.4 Å². The van der Waals surface area contributed by atoms with E-state index in [9.17, 15) is 4.79 Å². The lowest BCUT2D eigenvalue weighted by atomic mass is 10.3. The van der Waals surface area contributed by atoms with Gasteiger partial charge in [0.25, 0.3) is 0 Å². The Morgan fingerprint density at radius 3 is 2.93 bits per heavy atom. The van der Waals surface area contributed by atoms with Gasteiger partial charge in [-0.15, -0.1) is 0 Å². The van der Waals surface area contributed by atoms with Crippen LogP contribution >= 0.6 is 0 Å². The van der Waals surface area contributed by atoms with Crippen molar-refractivity contribution in [1.29, 1.82) is 0 Å². The van der Waals surface area contributed by atoms with Gasteiger partial charge in [-0.05, 0) is 19.9 Å². The second-order valence-electron chi connectivity index (χ2n) is 2.88. The van der Waals surface area contributed by atoms with Crippen molar-refractivity contribution in [1.82, 2.24) is 9.97 Å². The Balaban J connectivity index is 2.64. The summed E-state index contributed by atoms with van der Waals surface area (Å²) in [5.74, 6) is 0.962. The Hall–Kier alpha value is -1.65. The third kappa shape index (κ3) is 2.69. The standard InChI is InChI=1S/C9H13N3O2/c1-6(9(13)14-3)11-8-4-5-10-7(2)12-8/h4-6H,1-3H3,(H,10,11,12). The van der Waals surface area contributed by atoms with Crippen LogP contribution in [0.15, 0.2) is 12.3 Å². The first-order valence-electron chi connectivity index (χ1n) is 4.27. The maximum Gasteiger partial charge on any atom is 0.328 e. The highest BCUT2D eigenvalue weighted by Crippen LogP contribution is 2.03. The van der Waals surface area contributed by atoms with Crippen LogP contribution in [0.1, 0.15) is 12.7 Å². The van der Waals surface area contributed by atoms with Crippen LogP contribution in [0.4, 0.5) is 5.82 Å². The molecule has 1 atom stereocenters. The van der Waals surface area contributed by atoms with Crippen LogP contribution in [0.25, 0.3) is 0 Å². The number of anilines is 1. The summed E-state index contributed by atoms with van der Waals surface area (Å²) in [6.07, 6.45) is 1.63. The number of hydrogen-bond donors (Lipinski definition) is 1. The Morgan fingerprint density at radius 1 is 1.64 bits per heavy atom. The predicted molar refractivity (Wildman–Crippen MR) is 51.9 cm³/mol. The molecule has 0 bridgehead atoms. The van der Waals surface area contributed by atoms with Crippen LogP contribution in [0.2, 0.25) is 0 Å². The second kappa shape index (κ2) is 4.55. The topological polar surface area (TPSA) is 64.1 Å². The summed E-state index contributed by atoms with van der Waals surface area (Å²) in [6, 6.07) is 1.29. The normalized spacial score (nSPS) is 11.9. The van der Waals surface area contributed by atoms with Gasteiger partial charge in [-0.25, -0.2) is 14.8 Å². The molecule has 0 aromatic carbocycles. The summed E-state index contributed by atoms with van der Waals surface area (Å²) in [5.41, 5.74) is 0. The Morgan fingerprint density at radius 2 is 2.36 bits per heavy atom. The molecule has 0 aliphatic heterocycles. The first-order valence-corrected chi connectivity index (χ1v) is 4.27. The highest BCUT2D eigenvalue weighted by Gasteiger charge is 2.12. The maximum absolute atomic E-state index is 11.1. The van der Waals surface area contributed by atoms with E-state index in [0.717, 1.165) is 0 Å². The van der Waals surface area contributed by atoms with Gasteiger partial charge in [-0.2, -0.15) is 0 Å². The molecule has 0 aliphatic carbocycles. The quantitative estimate of drug-likeness (QED) is 0.721. The van der Waals surface area contributed by atoms with Crippen LogP contribution < -0.4 is 5.32 Å². The maximum atomic E-state index is 11.1.